The van der Waals surface area contributed by atoms with Crippen molar-refractivity contribution >= 4 is 10.9 Å². The molecule has 0 bridgehead atoms. The summed E-state index contributed by atoms with van der Waals surface area (Å²) < 4.78 is 10.9. The molecule has 7 heteroatoms. The smallest absolute Gasteiger partial charge is 0.229 e. The Balaban J connectivity index is 1.83. The van der Waals surface area contributed by atoms with Crippen LogP contribution in [0.4, 0.5) is 0 Å². The molecular weight excluding hydrogens is 278 g/mol. The Kier molecular flexibility index (Phi) is 3.83. The van der Waals surface area contributed by atoms with Gasteiger partial charge in [0, 0.05) is 17.1 Å². The highest BCUT2D eigenvalue weighted by atomic mass is 16.7. The number of nitrogens with one attached hydrogen (secondary N) is 1. The lowest BCUT2D eigenvalue weighted by atomic mass is 9.99. The zero-order valence-corrected chi connectivity index (χ0v) is 11.1. The van der Waals surface area contributed by atoms with Crippen LogP contribution >= 0.6 is 0 Å². The molecule has 1 aliphatic heterocycles. The molecule has 0 spiro atoms. The molecule has 1 aliphatic rings. The minimum absolute atomic E-state index is 0.454. The number of H-pyrrole nitrogens is 1. The van der Waals surface area contributed by atoms with Gasteiger partial charge in [-0.15, -0.1) is 0 Å². The van der Waals surface area contributed by atoms with Crippen LogP contribution in [0.15, 0.2) is 30.5 Å². The second kappa shape index (κ2) is 5.63. The van der Waals surface area contributed by atoms with Gasteiger partial charge in [0.25, 0.3) is 0 Å². The number of para-hydroxylation sites is 1. The van der Waals surface area contributed by atoms with Gasteiger partial charge in [-0.2, -0.15) is 0 Å². The molecule has 0 amide bonds. The first kappa shape index (κ1) is 14.3. The first-order chi connectivity index (χ1) is 10.1. The molecule has 114 valence electrons. The number of benzene rings is 1. The standard InChI is InChI=1S/C14H17NO6/c16-6-10-11(17)12(18)13(19)14(21-10)20-9-5-15-8-4-2-1-3-7(8)9/h1-5,10-19H,6H2/t10-,11+,12-,13-,14-/m1/s1. The van der Waals surface area contributed by atoms with E-state index >= 15 is 0 Å². The molecular formula is C14H17NO6. The summed E-state index contributed by atoms with van der Waals surface area (Å²) in [5.74, 6) is 0.454. The predicted octanol–water partition coefficient (Wildman–Crippen LogP) is -0.653. The van der Waals surface area contributed by atoms with Gasteiger partial charge in [0.15, 0.2) is 0 Å². The van der Waals surface area contributed by atoms with E-state index in [4.69, 9.17) is 14.6 Å². The average Bonchev–Trinajstić information content (AvgIpc) is 2.91. The third-order valence-corrected chi connectivity index (χ3v) is 3.64. The monoisotopic (exact) mass is 295 g/mol. The number of hydrogen-bond acceptors (Lipinski definition) is 6. The second-order valence-corrected chi connectivity index (χ2v) is 5.01. The van der Waals surface area contributed by atoms with Crippen molar-refractivity contribution in [3.63, 3.8) is 0 Å². The molecule has 0 radical (unpaired) electrons. The summed E-state index contributed by atoms with van der Waals surface area (Å²) in [5, 5.41) is 39.3. The maximum Gasteiger partial charge on any atom is 0.229 e. The molecule has 1 saturated heterocycles. The predicted molar refractivity (Wildman–Crippen MR) is 72.7 cm³/mol. The fraction of sp³-hybridized carbons (Fsp3) is 0.429. The average molecular weight is 295 g/mol. The summed E-state index contributed by atoms with van der Waals surface area (Å²) in [6.07, 6.45) is -4.82. The van der Waals surface area contributed by atoms with Crippen LogP contribution in [0.25, 0.3) is 10.9 Å². The van der Waals surface area contributed by atoms with E-state index in [0.717, 1.165) is 10.9 Å². The highest BCUT2D eigenvalue weighted by Crippen LogP contribution is 2.29. The number of aliphatic hydroxyl groups excluding tert-OH is 4. The van der Waals surface area contributed by atoms with E-state index in [1.54, 1.807) is 6.20 Å². The molecule has 2 aromatic rings. The van der Waals surface area contributed by atoms with Crippen LogP contribution in [0, 0.1) is 0 Å². The van der Waals surface area contributed by atoms with E-state index in [9.17, 15) is 15.3 Å². The van der Waals surface area contributed by atoms with Gasteiger partial charge in [-0.1, -0.05) is 12.1 Å². The molecule has 5 N–H and O–H groups in total. The fourth-order valence-corrected chi connectivity index (χ4v) is 2.43. The van der Waals surface area contributed by atoms with E-state index in [1.807, 2.05) is 24.3 Å². The number of fused-ring (bicyclic) bond motifs is 1. The van der Waals surface area contributed by atoms with Crippen LogP contribution < -0.4 is 4.74 Å². The topological polar surface area (TPSA) is 115 Å². The summed E-state index contributed by atoms with van der Waals surface area (Å²) in [7, 11) is 0. The van der Waals surface area contributed by atoms with Crippen LogP contribution in [0.5, 0.6) is 5.75 Å². The van der Waals surface area contributed by atoms with E-state index < -0.39 is 37.3 Å². The van der Waals surface area contributed by atoms with Crippen LogP contribution in [-0.2, 0) is 4.74 Å². The molecule has 5 atom stereocenters. The third-order valence-electron chi connectivity index (χ3n) is 3.64. The van der Waals surface area contributed by atoms with E-state index in [0.29, 0.717) is 5.75 Å². The molecule has 0 aliphatic carbocycles. The zero-order valence-electron chi connectivity index (χ0n) is 11.1. The Bertz CT molecular complexity index is 612. The lowest BCUT2D eigenvalue weighted by Gasteiger charge is -2.39. The van der Waals surface area contributed by atoms with Crippen molar-refractivity contribution in [3.05, 3.63) is 30.5 Å². The van der Waals surface area contributed by atoms with Gasteiger partial charge in [0.05, 0.1) is 6.61 Å². The first-order valence-corrected chi connectivity index (χ1v) is 6.65. The van der Waals surface area contributed by atoms with Crippen molar-refractivity contribution in [1.29, 1.82) is 0 Å². The van der Waals surface area contributed by atoms with Crippen molar-refractivity contribution < 1.29 is 29.9 Å². The molecule has 0 unspecified atom stereocenters. The summed E-state index contributed by atoms with van der Waals surface area (Å²) in [5.41, 5.74) is 0.858. The Morgan fingerprint density at radius 1 is 1.10 bits per heavy atom. The third kappa shape index (κ3) is 2.50. The molecule has 7 nitrogen and oxygen atoms in total. The molecule has 1 aromatic carbocycles. The second-order valence-electron chi connectivity index (χ2n) is 5.01. The van der Waals surface area contributed by atoms with Gasteiger partial charge >= 0.3 is 0 Å². The van der Waals surface area contributed by atoms with Crippen molar-refractivity contribution in [2.24, 2.45) is 0 Å². The zero-order chi connectivity index (χ0) is 15.0. The Morgan fingerprint density at radius 2 is 1.86 bits per heavy atom. The van der Waals surface area contributed by atoms with Crippen molar-refractivity contribution in [1.82, 2.24) is 4.98 Å². The van der Waals surface area contributed by atoms with Gasteiger partial charge in [-0.25, -0.2) is 0 Å². The Morgan fingerprint density at radius 3 is 2.62 bits per heavy atom. The minimum Gasteiger partial charge on any atom is -0.460 e. The van der Waals surface area contributed by atoms with Crippen LogP contribution in [0.2, 0.25) is 0 Å². The van der Waals surface area contributed by atoms with Crippen molar-refractivity contribution in [2.75, 3.05) is 6.61 Å². The fourth-order valence-electron chi connectivity index (χ4n) is 2.43. The molecule has 21 heavy (non-hydrogen) atoms. The summed E-state index contributed by atoms with van der Waals surface area (Å²) >= 11 is 0. The first-order valence-electron chi connectivity index (χ1n) is 6.65. The van der Waals surface area contributed by atoms with E-state index in [2.05, 4.69) is 4.98 Å². The summed E-state index contributed by atoms with van der Waals surface area (Å²) in [6.45, 7) is -0.487. The Labute approximate surface area is 120 Å². The highest BCUT2D eigenvalue weighted by Gasteiger charge is 2.44. The summed E-state index contributed by atoms with van der Waals surface area (Å²) in [6, 6.07) is 7.42. The van der Waals surface area contributed by atoms with Gasteiger partial charge in [0.1, 0.15) is 30.2 Å². The van der Waals surface area contributed by atoms with Gasteiger partial charge in [-0.05, 0) is 12.1 Å². The van der Waals surface area contributed by atoms with Crippen LogP contribution in [-0.4, -0.2) is 62.7 Å². The van der Waals surface area contributed by atoms with Crippen LogP contribution in [0.1, 0.15) is 0 Å². The number of ether oxygens (including phenoxy) is 2. The number of hydrogen-bond donors (Lipinski definition) is 5. The normalized spacial score (nSPS) is 33.2. The number of aromatic amines is 1. The number of aliphatic hydroxyl groups is 4. The minimum atomic E-state index is -1.45. The molecule has 2 heterocycles. The molecule has 1 aromatic heterocycles. The Hall–Kier alpha value is -1.64. The molecule has 0 saturated carbocycles. The van der Waals surface area contributed by atoms with E-state index in [1.165, 1.54) is 0 Å². The quantitative estimate of drug-likeness (QED) is 0.514. The van der Waals surface area contributed by atoms with Gasteiger partial charge < -0.3 is 34.9 Å². The summed E-state index contributed by atoms with van der Waals surface area (Å²) in [4.78, 5) is 3.01. The number of rotatable bonds is 3. The number of aromatic nitrogens is 1. The highest BCUT2D eigenvalue weighted by molar-refractivity contribution is 5.85. The van der Waals surface area contributed by atoms with Gasteiger partial charge in [0.2, 0.25) is 6.29 Å². The SMILES string of the molecule is OC[C@H]1O[C@@H](Oc2c[nH]c3ccccc23)[C@H](O)[C@H](O)[C@H]1O. The van der Waals surface area contributed by atoms with Gasteiger partial charge in [-0.3, -0.25) is 0 Å². The maximum absolute atomic E-state index is 9.94. The van der Waals surface area contributed by atoms with E-state index in [-0.39, 0.29) is 0 Å². The lowest BCUT2D eigenvalue weighted by molar-refractivity contribution is -0.277. The van der Waals surface area contributed by atoms with Crippen molar-refractivity contribution in [3.8, 4) is 5.75 Å². The van der Waals surface area contributed by atoms with Crippen LogP contribution in [0.3, 0.4) is 0 Å². The molecule has 3 rings (SSSR count). The lowest BCUT2D eigenvalue weighted by Crippen LogP contribution is -2.60. The van der Waals surface area contributed by atoms with Crippen molar-refractivity contribution in [2.45, 2.75) is 30.7 Å². The largest absolute Gasteiger partial charge is 0.460 e. The maximum atomic E-state index is 9.94. The molecule has 1 fully saturated rings.